The van der Waals surface area contributed by atoms with E-state index in [9.17, 15) is 4.79 Å². The summed E-state index contributed by atoms with van der Waals surface area (Å²) in [5.41, 5.74) is 4.57. The van der Waals surface area contributed by atoms with Gasteiger partial charge in [-0.1, -0.05) is 0 Å². The molecule has 1 saturated carbocycles. The van der Waals surface area contributed by atoms with E-state index in [1.807, 2.05) is 20.8 Å². The SMILES string of the molecule is CC(C)(C)OC(=O)C1(N)CC1.O=CO. The molecule has 0 aromatic rings. The summed E-state index contributed by atoms with van der Waals surface area (Å²) in [5, 5.41) is 6.89. The van der Waals surface area contributed by atoms with E-state index in [2.05, 4.69) is 0 Å². The smallest absolute Gasteiger partial charge is 0.326 e. The zero-order valence-corrected chi connectivity index (χ0v) is 8.74. The summed E-state index contributed by atoms with van der Waals surface area (Å²) in [7, 11) is 0. The van der Waals surface area contributed by atoms with Crippen LogP contribution in [0.1, 0.15) is 33.6 Å². The van der Waals surface area contributed by atoms with Crippen LogP contribution in [-0.2, 0) is 14.3 Å². The summed E-state index contributed by atoms with van der Waals surface area (Å²) in [6.45, 7) is 5.28. The van der Waals surface area contributed by atoms with Gasteiger partial charge in [-0.15, -0.1) is 0 Å². The highest BCUT2D eigenvalue weighted by Crippen LogP contribution is 2.34. The lowest BCUT2D eigenvalue weighted by atomic mass is 10.2. The van der Waals surface area contributed by atoms with Crippen molar-refractivity contribution in [1.82, 2.24) is 0 Å². The molecule has 0 spiro atoms. The number of rotatable bonds is 1. The Bertz CT molecular complexity index is 215. The molecule has 0 radical (unpaired) electrons. The van der Waals surface area contributed by atoms with Crippen LogP contribution in [0.3, 0.4) is 0 Å². The van der Waals surface area contributed by atoms with Crippen LogP contribution in [0.4, 0.5) is 0 Å². The van der Waals surface area contributed by atoms with Crippen molar-refractivity contribution >= 4 is 12.4 Å². The monoisotopic (exact) mass is 203 g/mol. The fourth-order valence-electron chi connectivity index (χ4n) is 0.719. The molecule has 0 aromatic carbocycles. The van der Waals surface area contributed by atoms with Gasteiger partial charge in [0.2, 0.25) is 0 Å². The molecule has 82 valence electrons. The standard InChI is InChI=1S/C8H15NO2.CH2O2/c1-7(2,3)11-6(10)8(9)4-5-8;2-1-3/h4-5,9H2,1-3H3;1H,(H,2,3). The van der Waals surface area contributed by atoms with Gasteiger partial charge in [-0.2, -0.15) is 0 Å². The minimum atomic E-state index is -0.646. The molecule has 0 aromatic heterocycles. The van der Waals surface area contributed by atoms with Crippen LogP contribution < -0.4 is 5.73 Å². The van der Waals surface area contributed by atoms with Gasteiger partial charge in [-0.3, -0.25) is 9.59 Å². The van der Waals surface area contributed by atoms with Crippen molar-refractivity contribution < 1.29 is 19.4 Å². The van der Waals surface area contributed by atoms with Crippen LogP contribution in [0.5, 0.6) is 0 Å². The Hall–Kier alpha value is -1.10. The number of hydrogen-bond acceptors (Lipinski definition) is 4. The fraction of sp³-hybridized carbons (Fsp3) is 0.778. The van der Waals surface area contributed by atoms with Gasteiger partial charge < -0.3 is 15.6 Å². The van der Waals surface area contributed by atoms with Gasteiger partial charge in [0.1, 0.15) is 11.1 Å². The van der Waals surface area contributed by atoms with E-state index in [-0.39, 0.29) is 12.4 Å². The third kappa shape index (κ3) is 4.81. The van der Waals surface area contributed by atoms with Crippen LogP contribution in [0.15, 0.2) is 0 Å². The molecule has 5 heteroatoms. The molecule has 0 bridgehead atoms. The lowest BCUT2D eigenvalue weighted by Gasteiger charge is -2.21. The first-order valence-corrected chi connectivity index (χ1v) is 4.35. The lowest BCUT2D eigenvalue weighted by Crippen LogP contribution is -2.39. The topological polar surface area (TPSA) is 89.6 Å². The molecule has 1 aliphatic carbocycles. The molecule has 0 unspecified atom stereocenters. The van der Waals surface area contributed by atoms with Gasteiger partial charge in [0.25, 0.3) is 6.47 Å². The minimum Gasteiger partial charge on any atom is -0.483 e. The van der Waals surface area contributed by atoms with Crippen LogP contribution in [0, 0.1) is 0 Å². The van der Waals surface area contributed by atoms with E-state index >= 15 is 0 Å². The maximum absolute atomic E-state index is 11.2. The summed E-state index contributed by atoms with van der Waals surface area (Å²) in [4.78, 5) is 19.6. The first-order valence-electron chi connectivity index (χ1n) is 4.35. The van der Waals surface area contributed by atoms with Crippen LogP contribution >= 0.6 is 0 Å². The van der Waals surface area contributed by atoms with Gasteiger partial charge in [0.15, 0.2) is 0 Å². The lowest BCUT2D eigenvalue weighted by molar-refractivity contribution is -0.157. The maximum atomic E-state index is 11.2. The number of hydrogen-bond donors (Lipinski definition) is 2. The molecule has 0 atom stereocenters. The van der Waals surface area contributed by atoms with Crippen molar-refractivity contribution in [2.45, 2.75) is 44.8 Å². The summed E-state index contributed by atoms with van der Waals surface area (Å²) >= 11 is 0. The first kappa shape index (κ1) is 12.9. The van der Waals surface area contributed by atoms with E-state index < -0.39 is 11.1 Å². The number of esters is 1. The van der Waals surface area contributed by atoms with Crippen LogP contribution in [-0.4, -0.2) is 28.7 Å². The molecule has 3 N–H and O–H groups in total. The Morgan fingerprint density at radius 1 is 1.50 bits per heavy atom. The number of nitrogens with two attached hydrogens (primary N) is 1. The normalized spacial score (nSPS) is 17.4. The van der Waals surface area contributed by atoms with Crippen molar-refractivity contribution in [2.24, 2.45) is 5.73 Å². The predicted molar refractivity (Wildman–Crippen MR) is 50.7 cm³/mol. The van der Waals surface area contributed by atoms with Crippen LogP contribution in [0.25, 0.3) is 0 Å². The Balaban J connectivity index is 0.000000500. The van der Waals surface area contributed by atoms with Gasteiger partial charge in [-0.05, 0) is 33.6 Å². The quantitative estimate of drug-likeness (QED) is 0.479. The zero-order valence-electron chi connectivity index (χ0n) is 8.74. The number of carbonyl (C=O) groups is 2. The average Bonchev–Trinajstić information content (AvgIpc) is 2.67. The fourth-order valence-corrected chi connectivity index (χ4v) is 0.719. The van der Waals surface area contributed by atoms with Gasteiger partial charge in [0.05, 0.1) is 0 Å². The highest BCUT2D eigenvalue weighted by Gasteiger charge is 2.48. The van der Waals surface area contributed by atoms with Crippen LogP contribution in [0.2, 0.25) is 0 Å². The third-order valence-electron chi connectivity index (χ3n) is 1.59. The minimum absolute atomic E-state index is 0.250. The first-order chi connectivity index (χ1) is 6.25. The molecule has 0 amide bonds. The second kappa shape index (κ2) is 4.41. The summed E-state index contributed by atoms with van der Waals surface area (Å²) < 4.78 is 5.10. The van der Waals surface area contributed by atoms with E-state index in [0.717, 1.165) is 12.8 Å². The molecular formula is C9H17NO4. The van der Waals surface area contributed by atoms with Crippen molar-refractivity contribution in [3.63, 3.8) is 0 Å². The van der Waals surface area contributed by atoms with Crippen molar-refractivity contribution in [3.8, 4) is 0 Å². The molecule has 1 fully saturated rings. The number of carboxylic acid groups (broad SMARTS) is 1. The molecular weight excluding hydrogens is 186 g/mol. The molecule has 1 rings (SSSR count). The molecule has 5 nitrogen and oxygen atoms in total. The maximum Gasteiger partial charge on any atom is 0.326 e. The molecule has 14 heavy (non-hydrogen) atoms. The van der Waals surface area contributed by atoms with E-state index in [1.165, 1.54) is 0 Å². The second-order valence-electron chi connectivity index (χ2n) is 4.26. The summed E-state index contributed by atoms with van der Waals surface area (Å²) in [6, 6.07) is 0. The average molecular weight is 203 g/mol. The van der Waals surface area contributed by atoms with Crippen molar-refractivity contribution in [2.75, 3.05) is 0 Å². The molecule has 1 aliphatic rings. The highest BCUT2D eigenvalue weighted by atomic mass is 16.6. The molecule has 0 aliphatic heterocycles. The summed E-state index contributed by atoms with van der Waals surface area (Å²) in [6.07, 6.45) is 1.53. The Morgan fingerprint density at radius 2 is 1.86 bits per heavy atom. The predicted octanol–water partition coefficient (Wildman–Crippen LogP) is 0.520. The number of carbonyl (C=O) groups excluding carboxylic acids is 1. The summed E-state index contributed by atoms with van der Waals surface area (Å²) in [5.74, 6) is -0.259. The largest absolute Gasteiger partial charge is 0.483 e. The van der Waals surface area contributed by atoms with E-state index in [1.54, 1.807) is 0 Å². The molecule has 0 saturated heterocycles. The van der Waals surface area contributed by atoms with E-state index in [4.69, 9.17) is 20.4 Å². The molecule has 0 heterocycles. The van der Waals surface area contributed by atoms with E-state index in [0.29, 0.717) is 0 Å². The number of ether oxygens (including phenoxy) is 1. The van der Waals surface area contributed by atoms with Crippen molar-refractivity contribution in [1.29, 1.82) is 0 Å². The Morgan fingerprint density at radius 3 is 2.07 bits per heavy atom. The van der Waals surface area contributed by atoms with Crippen molar-refractivity contribution in [3.05, 3.63) is 0 Å². The van der Waals surface area contributed by atoms with Gasteiger partial charge >= 0.3 is 5.97 Å². The van der Waals surface area contributed by atoms with Gasteiger partial charge in [-0.25, -0.2) is 0 Å². The second-order valence-corrected chi connectivity index (χ2v) is 4.26. The van der Waals surface area contributed by atoms with Gasteiger partial charge in [0, 0.05) is 0 Å². The zero-order chi connectivity index (χ0) is 11.4. The highest BCUT2D eigenvalue weighted by molar-refractivity contribution is 5.84. The Labute approximate surface area is 83.2 Å². The third-order valence-corrected chi connectivity index (χ3v) is 1.59. The Kier molecular flexibility index (Phi) is 4.07.